The van der Waals surface area contributed by atoms with E-state index < -0.39 is 9.84 Å². The highest BCUT2D eigenvalue weighted by atomic mass is 32.2. The summed E-state index contributed by atoms with van der Waals surface area (Å²) in [6.07, 6.45) is 2.87. The second-order valence-electron chi connectivity index (χ2n) is 4.11. The summed E-state index contributed by atoms with van der Waals surface area (Å²) < 4.78 is 22.2. The van der Waals surface area contributed by atoms with Crippen LogP contribution in [0.25, 0.3) is 0 Å². The second kappa shape index (κ2) is 5.45. The summed E-state index contributed by atoms with van der Waals surface area (Å²) in [4.78, 5) is 12.8. The molecule has 0 saturated heterocycles. The van der Waals surface area contributed by atoms with Gasteiger partial charge in [-0.2, -0.15) is 0 Å². The van der Waals surface area contributed by atoms with Gasteiger partial charge in [-0.1, -0.05) is 6.08 Å². The summed E-state index contributed by atoms with van der Waals surface area (Å²) in [5.74, 6) is 0.227. The van der Waals surface area contributed by atoms with Gasteiger partial charge in [-0.05, 0) is 13.0 Å². The average molecular weight is 246 g/mol. The van der Waals surface area contributed by atoms with Gasteiger partial charge in [0.1, 0.15) is 0 Å². The number of amides is 1. The van der Waals surface area contributed by atoms with Crippen LogP contribution in [0.4, 0.5) is 0 Å². The summed E-state index contributed by atoms with van der Waals surface area (Å²) in [5.41, 5.74) is 0. The fourth-order valence-corrected chi connectivity index (χ4v) is 2.72. The second-order valence-corrected chi connectivity index (χ2v) is 6.04. The van der Waals surface area contributed by atoms with Crippen molar-refractivity contribution in [1.82, 2.24) is 10.2 Å². The number of nitrogens with one attached hydrogen (secondary N) is 1. The summed E-state index contributed by atoms with van der Waals surface area (Å²) in [5, 5.41) is 4.34. The number of rotatable bonds is 5. The van der Waals surface area contributed by atoms with Crippen LogP contribution in [0, 0.1) is 0 Å². The maximum absolute atomic E-state index is 11.2. The summed E-state index contributed by atoms with van der Waals surface area (Å²) in [6.45, 7) is 0.657. The van der Waals surface area contributed by atoms with Gasteiger partial charge in [0.15, 0.2) is 9.84 Å². The zero-order valence-corrected chi connectivity index (χ0v) is 10.5. The Kier molecular flexibility index (Phi) is 4.49. The van der Waals surface area contributed by atoms with Crippen LogP contribution in [0.3, 0.4) is 0 Å². The van der Waals surface area contributed by atoms with Crippen molar-refractivity contribution in [3.8, 4) is 0 Å². The van der Waals surface area contributed by atoms with Gasteiger partial charge in [0.2, 0.25) is 5.91 Å². The minimum atomic E-state index is -2.98. The maximum atomic E-state index is 11.2. The van der Waals surface area contributed by atoms with Crippen molar-refractivity contribution >= 4 is 15.7 Å². The van der Waals surface area contributed by atoms with E-state index in [9.17, 15) is 13.2 Å². The van der Waals surface area contributed by atoms with Crippen molar-refractivity contribution in [3.63, 3.8) is 0 Å². The van der Waals surface area contributed by atoms with Crippen LogP contribution >= 0.6 is 0 Å². The van der Waals surface area contributed by atoms with Crippen LogP contribution in [-0.2, 0) is 14.6 Å². The topological polar surface area (TPSA) is 66.5 Å². The van der Waals surface area contributed by atoms with Crippen molar-refractivity contribution in [1.29, 1.82) is 0 Å². The Balaban J connectivity index is 2.14. The molecule has 0 radical (unpaired) electrons. The van der Waals surface area contributed by atoms with Gasteiger partial charge in [0, 0.05) is 32.0 Å². The molecule has 1 atom stereocenters. The largest absolute Gasteiger partial charge is 0.349 e. The zero-order chi connectivity index (χ0) is 12.2. The lowest BCUT2D eigenvalue weighted by atomic mass is 10.2. The van der Waals surface area contributed by atoms with Crippen LogP contribution in [0.1, 0.15) is 12.8 Å². The molecular formula is C10H18N2O3S. The van der Waals surface area contributed by atoms with E-state index in [4.69, 9.17) is 0 Å². The molecule has 1 aliphatic rings. The van der Waals surface area contributed by atoms with Gasteiger partial charge < -0.3 is 10.2 Å². The normalized spacial score (nSPS) is 22.2. The predicted molar refractivity (Wildman–Crippen MR) is 62.6 cm³/mol. The smallest absolute Gasteiger partial charge is 0.222 e. The Morgan fingerprint density at radius 1 is 1.50 bits per heavy atom. The van der Waals surface area contributed by atoms with Gasteiger partial charge in [0.25, 0.3) is 0 Å². The van der Waals surface area contributed by atoms with E-state index in [1.54, 1.807) is 25.1 Å². The summed E-state index contributed by atoms with van der Waals surface area (Å²) >= 11 is 0. The Morgan fingerprint density at radius 3 is 2.69 bits per heavy atom. The van der Waals surface area contributed by atoms with Crippen LogP contribution in [0.15, 0.2) is 11.5 Å². The fourth-order valence-electron chi connectivity index (χ4n) is 1.45. The first kappa shape index (κ1) is 13.2. The zero-order valence-electron chi connectivity index (χ0n) is 9.64. The Hall–Kier alpha value is -0.880. The SMILES string of the molecule is CN(C)C(=O)CCCNC1C=CS(=O)(=O)C1. The van der Waals surface area contributed by atoms with Crippen molar-refractivity contribution < 1.29 is 13.2 Å². The highest BCUT2D eigenvalue weighted by Crippen LogP contribution is 2.07. The highest BCUT2D eigenvalue weighted by molar-refractivity contribution is 7.94. The molecule has 6 heteroatoms. The van der Waals surface area contributed by atoms with Gasteiger partial charge in [-0.25, -0.2) is 8.42 Å². The fraction of sp³-hybridized carbons (Fsp3) is 0.700. The van der Waals surface area contributed by atoms with E-state index in [0.717, 1.165) is 6.42 Å². The molecule has 0 aromatic rings. The number of carbonyl (C=O) groups excluding carboxylic acids is 1. The Bertz CT molecular complexity index is 374. The molecule has 1 rings (SSSR count). The van der Waals surface area contributed by atoms with Gasteiger partial charge >= 0.3 is 0 Å². The lowest BCUT2D eigenvalue weighted by molar-refractivity contribution is -0.128. The molecule has 0 saturated carbocycles. The number of carbonyl (C=O) groups is 1. The molecule has 92 valence electrons. The van der Waals surface area contributed by atoms with Crippen molar-refractivity contribution in [2.75, 3.05) is 26.4 Å². The minimum Gasteiger partial charge on any atom is -0.349 e. The van der Waals surface area contributed by atoms with Crippen LogP contribution in [-0.4, -0.2) is 51.7 Å². The van der Waals surface area contributed by atoms with E-state index in [1.165, 1.54) is 5.41 Å². The molecule has 0 bridgehead atoms. The lowest BCUT2D eigenvalue weighted by Crippen LogP contribution is -2.31. The number of sulfone groups is 1. The quantitative estimate of drug-likeness (QED) is 0.680. The predicted octanol–water partition coefficient (Wildman–Crippen LogP) is -0.245. The van der Waals surface area contributed by atoms with Gasteiger partial charge in [-0.3, -0.25) is 4.79 Å². The molecule has 1 heterocycles. The van der Waals surface area contributed by atoms with Gasteiger partial charge in [0.05, 0.1) is 5.75 Å². The molecule has 16 heavy (non-hydrogen) atoms. The summed E-state index contributed by atoms with van der Waals surface area (Å²) in [7, 11) is 0.468. The van der Waals surface area contributed by atoms with Crippen molar-refractivity contribution in [2.45, 2.75) is 18.9 Å². The first-order valence-corrected chi connectivity index (χ1v) is 6.97. The highest BCUT2D eigenvalue weighted by Gasteiger charge is 2.20. The third kappa shape index (κ3) is 4.32. The molecule has 1 N–H and O–H groups in total. The number of hydrogen-bond acceptors (Lipinski definition) is 4. The molecule has 0 fully saturated rings. The van der Waals surface area contributed by atoms with Crippen LogP contribution < -0.4 is 5.32 Å². The first-order valence-electron chi connectivity index (χ1n) is 5.25. The van der Waals surface area contributed by atoms with E-state index >= 15 is 0 Å². The standard InChI is InChI=1S/C10H18N2O3S/c1-12(2)10(13)4-3-6-11-9-5-7-16(14,15)8-9/h5,7,9,11H,3-4,6,8H2,1-2H3. The molecule has 5 nitrogen and oxygen atoms in total. The van der Waals surface area contributed by atoms with Crippen molar-refractivity contribution in [2.24, 2.45) is 0 Å². The van der Waals surface area contributed by atoms with E-state index in [2.05, 4.69) is 5.32 Å². The molecule has 0 aliphatic carbocycles. The average Bonchev–Trinajstić information content (AvgIpc) is 2.52. The molecule has 0 aromatic heterocycles. The molecule has 1 aliphatic heterocycles. The summed E-state index contributed by atoms with van der Waals surface area (Å²) in [6, 6.07) is -0.0977. The Morgan fingerprint density at radius 2 is 2.19 bits per heavy atom. The Labute approximate surface area is 96.4 Å². The molecular weight excluding hydrogens is 228 g/mol. The minimum absolute atomic E-state index is 0.0939. The molecule has 0 aromatic carbocycles. The maximum Gasteiger partial charge on any atom is 0.222 e. The molecule has 1 amide bonds. The number of hydrogen-bond donors (Lipinski definition) is 1. The molecule has 1 unspecified atom stereocenters. The monoisotopic (exact) mass is 246 g/mol. The third-order valence-electron chi connectivity index (χ3n) is 2.40. The van der Waals surface area contributed by atoms with E-state index in [1.807, 2.05) is 0 Å². The van der Waals surface area contributed by atoms with Crippen LogP contribution in [0.2, 0.25) is 0 Å². The van der Waals surface area contributed by atoms with Crippen LogP contribution in [0.5, 0.6) is 0 Å². The van der Waals surface area contributed by atoms with E-state index in [0.29, 0.717) is 13.0 Å². The number of nitrogens with zero attached hydrogens (tertiary/aromatic N) is 1. The lowest BCUT2D eigenvalue weighted by Gasteiger charge is -2.11. The first-order chi connectivity index (χ1) is 7.41. The van der Waals surface area contributed by atoms with Gasteiger partial charge in [-0.15, -0.1) is 0 Å². The third-order valence-corrected chi connectivity index (χ3v) is 3.80. The van der Waals surface area contributed by atoms with E-state index in [-0.39, 0.29) is 17.7 Å². The van der Waals surface area contributed by atoms with Crippen molar-refractivity contribution in [3.05, 3.63) is 11.5 Å². The molecule has 0 spiro atoms.